The molecule has 0 aliphatic carbocycles. The van der Waals surface area contributed by atoms with Gasteiger partial charge in [0.25, 0.3) is 12.3 Å². The van der Waals surface area contributed by atoms with E-state index < -0.39 is 18.1 Å². The SMILES string of the molecule is NC(=O)c1ccc(C(F)F)o1. The molecule has 0 aliphatic heterocycles. The lowest BCUT2D eigenvalue weighted by Gasteiger charge is -1.90. The average molecular weight is 161 g/mol. The van der Waals surface area contributed by atoms with Crippen LogP contribution >= 0.6 is 0 Å². The van der Waals surface area contributed by atoms with Gasteiger partial charge in [0.05, 0.1) is 0 Å². The zero-order valence-corrected chi connectivity index (χ0v) is 5.38. The number of rotatable bonds is 2. The van der Waals surface area contributed by atoms with Gasteiger partial charge in [-0.05, 0) is 12.1 Å². The van der Waals surface area contributed by atoms with E-state index in [9.17, 15) is 13.6 Å². The minimum Gasteiger partial charge on any atom is -0.450 e. The van der Waals surface area contributed by atoms with Crippen LogP contribution in [0.3, 0.4) is 0 Å². The van der Waals surface area contributed by atoms with Gasteiger partial charge >= 0.3 is 0 Å². The highest BCUT2D eigenvalue weighted by atomic mass is 19.3. The van der Waals surface area contributed by atoms with Crippen molar-refractivity contribution in [1.82, 2.24) is 0 Å². The van der Waals surface area contributed by atoms with Crippen LogP contribution in [0.5, 0.6) is 0 Å². The van der Waals surface area contributed by atoms with Gasteiger partial charge in [-0.3, -0.25) is 4.79 Å². The molecule has 3 nitrogen and oxygen atoms in total. The molecule has 0 fully saturated rings. The molecule has 0 saturated heterocycles. The van der Waals surface area contributed by atoms with Gasteiger partial charge in [-0.15, -0.1) is 0 Å². The van der Waals surface area contributed by atoms with Crippen molar-refractivity contribution >= 4 is 5.91 Å². The average Bonchev–Trinajstić information content (AvgIpc) is 2.33. The molecule has 1 aromatic rings. The van der Waals surface area contributed by atoms with E-state index in [0.717, 1.165) is 12.1 Å². The third kappa shape index (κ3) is 1.54. The van der Waals surface area contributed by atoms with Crippen LogP contribution in [-0.4, -0.2) is 5.91 Å². The molecule has 0 atom stereocenters. The molecule has 0 unspecified atom stereocenters. The Labute approximate surface area is 60.8 Å². The van der Waals surface area contributed by atoms with Crippen molar-refractivity contribution in [2.45, 2.75) is 6.43 Å². The lowest BCUT2D eigenvalue weighted by molar-refractivity contribution is 0.0943. The molecule has 11 heavy (non-hydrogen) atoms. The first-order chi connectivity index (χ1) is 5.11. The maximum atomic E-state index is 11.8. The molecule has 0 spiro atoms. The first-order valence-corrected chi connectivity index (χ1v) is 2.79. The topological polar surface area (TPSA) is 56.2 Å². The fourth-order valence-electron chi connectivity index (χ4n) is 0.603. The van der Waals surface area contributed by atoms with Gasteiger partial charge in [0.2, 0.25) is 0 Å². The molecular formula is C6H5F2NO2. The number of alkyl halides is 2. The van der Waals surface area contributed by atoms with Crippen molar-refractivity contribution in [2.24, 2.45) is 5.73 Å². The summed E-state index contributed by atoms with van der Waals surface area (Å²) in [4.78, 5) is 10.3. The molecule has 2 N–H and O–H groups in total. The highest BCUT2D eigenvalue weighted by Crippen LogP contribution is 2.20. The van der Waals surface area contributed by atoms with Crippen LogP contribution in [0.4, 0.5) is 8.78 Å². The molecular weight excluding hydrogens is 156 g/mol. The number of amides is 1. The number of halogens is 2. The first-order valence-electron chi connectivity index (χ1n) is 2.79. The maximum Gasteiger partial charge on any atom is 0.295 e. The lowest BCUT2D eigenvalue weighted by Crippen LogP contribution is -2.09. The van der Waals surface area contributed by atoms with Gasteiger partial charge in [0.15, 0.2) is 11.5 Å². The first kappa shape index (κ1) is 7.71. The van der Waals surface area contributed by atoms with E-state index in [4.69, 9.17) is 5.73 Å². The molecule has 5 heteroatoms. The number of primary amides is 1. The van der Waals surface area contributed by atoms with Crippen LogP contribution in [0, 0.1) is 0 Å². The summed E-state index contributed by atoms with van der Waals surface area (Å²) in [7, 11) is 0. The Morgan fingerprint density at radius 1 is 1.55 bits per heavy atom. The highest BCUT2D eigenvalue weighted by Gasteiger charge is 2.14. The van der Waals surface area contributed by atoms with Crippen molar-refractivity contribution in [3.8, 4) is 0 Å². The summed E-state index contributed by atoms with van der Waals surface area (Å²) in [5, 5.41) is 0. The summed E-state index contributed by atoms with van der Waals surface area (Å²) in [6.07, 6.45) is -2.71. The van der Waals surface area contributed by atoms with Gasteiger partial charge in [0, 0.05) is 0 Å². The highest BCUT2D eigenvalue weighted by molar-refractivity contribution is 5.89. The van der Waals surface area contributed by atoms with Gasteiger partial charge in [-0.2, -0.15) is 0 Å². The predicted octanol–water partition coefficient (Wildman–Crippen LogP) is 1.32. The maximum absolute atomic E-state index is 11.8. The van der Waals surface area contributed by atoms with Crippen LogP contribution < -0.4 is 5.73 Å². The number of hydrogen-bond donors (Lipinski definition) is 1. The quantitative estimate of drug-likeness (QED) is 0.710. The normalized spacial score (nSPS) is 10.5. The smallest absolute Gasteiger partial charge is 0.295 e. The molecule has 60 valence electrons. The second-order valence-corrected chi connectivity index (χ2v) is 1.87. The van der Waals surface area contributed by atoms with E-state index in [1.807, 2.05) is 0 Å². The largest absolute Gasteiger partial charge is 0.450 e. The van der Waals surface area contributed by atoms with Gasteiger partial charge < -0.3 is 10.2 Å². The summed E-state index contributed by atoms with van der Waals surface area (Å²) in [6, 6.07) is 2.13. The fourth-order valence-corrected chi connectivity index (χ4v) is 0.603. The van der Waals surface area contributed by atoms with E-state index in [1.54, 1.807) is 0 Å². The fraction of sp³-hybridized carbons (Fsp3) is 0.167. The third-order valence-corrected chi connectivity index (χ3v) is 1.08. The molecule has 1 amide bonds. The molecule has 0 aliphatic rings. The number of nitrogens with two attached hydrogens (primary N) is 1. The summed E-state index contributed by atoms with van der Waals surface area (Å²) in [5.41, 5.74) is 4.75. The standard InChI is InChI=1S/C6H5F2NO2/c7-5(8)3-1-2-4(11-3)6(9)10/h1-2,5H,(H2,9,10). The molecule has 1 rings (SSSR count). The van der Waals surface area contributed by atoms with Crippen LogP contribution in [0.15, 0.2) is 16.5 Å². The molecule has 0 aromatic carbocycles. The minimum absolute atomic E-state index is 0.250. The van der Waals surface area contributed by atoms with Gasteiger partial charge in [0.1, 0.15) is 0 Å². The molecule has 0 bridgehead atoms. The number of hydrogen-bond acceptors (Lipinski definition) is 2. The summed E-state index contributed by atoms with van der Waals surface area (Å²) in [6.45, 7) is 0. The van der Waals surface area contributed by atoms with E-state index >= 15 is 0 Å². The molecule has 0 radical (unpaired) electrons. The Morgan fingerprint density at radius 2 is 2.18 bits per heavy atom. The summed E-state index contributed by atoms with van der Waals surface area (Å²) in [5.74, 6) is -1.64. The molecule has 1 aromatic heterocycles. The van der Waals surface area contributed by atoms with Crippen LogP contribution in [0.1, 0.15) is 22.7 Å². The number of carbonyl (C=O) groups excluding carboxylic acids is 1. The Hall–Kier alpha value is -1.39. The van der Waals surface area contributed by atoms with E-state index in [2.05, 4.69) is 4.42 Å². The monoisotopic (exact) mass is 161 g/mol. The number of furan rings is 1. The molecule has 1 heterocycles. The van der Waals surface area contributed by atoms with E-state index in [-0.39, 0.29) is 5.76 Å². The van der Waals surface area contributed by atoms with Crippen molar-refractivity contribution < 1.29 is 18.0 Å². The Balaban J connectivity index is 2.90. The van der Waals surface area contributed by atoms with Crippen LogP contribution in [0.25, 0.3) is 0 Å². The van der Waals surface area contributed by atoms with Crippen molar-refractivity contribution in [3.05, 3.63) is 23.7 Å². The second-order valence-electron chi connectivity index (χ2n) is 1.87. The van der Waals surface area contributed by atoms with Crippen molar-refractivity contribution in [1.29, 1.82) is 0 Å². The van der Waals surface area contributed by atoms with Crippen LogP contribution in [0.2, 0.25) is 0 Å². The van der Waals surface area contributed by atoms with E-state index in [0.29, 0.717) is 0 Å². The van der Waals surface area contributed by atoms with Crippen molar-refractivity contribution in [3.63, 3.8) is 0 Å². The van der Waals surface area contributed by atoms with Crippen molar-refractivity contribution in [2.75, 3.05) is 0 Å². The molecule has 0 saturated carbocycles. The van der Waals surface area contributed by atoms with Gasteiger partial charge in [-0.1, -0.05) is 0 Å². The van der Waals surface area contributed by atoms with E-state index in [1.165, 1.54) is 0 Å². The minimum atomic E-state index is -2.71. The predicted molar refractivity (Wildman–Crippen MR) is 32.2 cm³/mol. The third-order valence-electron chi connectivity index (χ3n) is 1.08. The van der Waals surface area contributed by atoms with Gasteiger partial charge in [-0.25, -0.2) is 8.78 Å². The summed E-state index contributed by atoms with van der Waals surface area (Å²) >= 11 is 0. The second kappa shape index (κ2) is 2.69. The Bertz CT molecular complexity index is 269. The zero-order valence-electron chi connectivity index (χ0n) is 5.38. The number of carbonyl (C=O) groups is 1. The Morgan fingerprint density at radius 3 is 2.45 bits per heavy atom. The summed E-state index contributed by atoms with van der Waals surface area (Å²) < 4.78 is 28.0. The lowest BCUT2D eigenvalue weighted by atomic mass is 10.4. The Kier molecular flexibility index (Phi) is 1.89. The zero-order chi connectivity index (χ0) is 8.43. The van der Waals surface area contributed by atoms with Crippen LogP contribution in [-0.2, 0) is 0 Å².